The zero-order chi connectivity index (χ0) is 12.8. The van der Waals surface area contributed by atoms with Gasteiger partial charge in [0.15, 0.2) is 11.5 Å². The molecule has 0 aliphatic carbocycles. The summed E-state index contributed by atoms with van der Waals surface area (Å²) < 4.78 is 11.2. The Morgan fingerprint density at radius 2 is 2.06 bits per heavy atom. The van der Waals surface area contributed by atoms with Gasteiger partial charge < -0.3 is 20.4 Å². The Morgan fingerprint density at radius 3 is 2.78 bits per heavy atom. The van der Waals surface area contributed by atoms with Gasteiger partial charge in [-0.05, 0) is 37.6 Å². The molecular formula is C13H18N2O3. The summed E-state index contributed by atoms with van der Waals surface area (Å²) in [4.78, 5) is 0. The molecule has 0 saturated heterocycles. The smallest absolute Gasteiger partial charge is 0.161 e. The minimum atomic E-state index is 0.573. The van der Waals surface area contributed by atoms with Crippen LogP contribution in [-0.4, -0.2) is 30.7 Å². The van der Waals surface area contributed by atoms with Gasteiger partial charge in [0.2, 0.25) is 0 Å². The number of hydrogen-bond donors (Lipinski definition) is 2. The minimum Gasteiger partial charge on any atom is -0.490 e. The Balaban J connectivity index is 2.21. The predicted molar refractivity (Wildman–Crippen MR) is 68.7 cm³/mol. The fraction of sp³-hybridized carbons (Fsp3) is 0.462. The van der Waals surface area contributed by atoms with Gasteiger partial charge in [0, 0.05) is 12.0 Å². The van der Waals surface area contributed by atoms with Gasteiger partial charge >= 0.3 is 0 Å². The van der Waals surface area contributed by atoms with Crippen molar-refractivity contribution >= 4 is 5.71 Å². The molecule has 0 amide bonds. The number of fused-ring (bicyclic) bond motifs is 1. The Hall–Kier alpha value is -1.75. The van der Waals surface area contributed by atoms with Crippen molar-refractivity contribution in [2.75, 3.05) is 19.8 Å². The molecule has 0 fully saturated rings. The van der Waals surface area contributed by atoms with E-state index in [1.165, 1.54) is 0 Å². The highest BCUT2D eigenvalue weighted by molar-refractivity contribution is 6.00. The van der Waals surface area contributed by atoms with Gasteiger partial charge in [0.25, 0.3) is 0 Å². The molecule has 0 saturated carbocycles. The molecule has 0 atom stereocenters. The lowest BCUT2D eigenvalue weighted by Crippen LogP contribution is -2.06. The van der Waals surface area contributed by atoms with Crippen LogP contribution in [0.25, 0.3) is 0 Å². The molecule has 0 aromatic heterocycles. The van der Waals surface area contributed by atoms with Crippen LogP contribution in [0, 0.1) is 0 Å². The molecule has 3 N–H and O–H groups in total. The van der Waals surface area contributed by atoms with Crippen LogP contribution in [0.5, 0.6) is 11.5 Å². The third kappa shape index (κ3) is 2.92. The molecule has 1 aromatic carbocycles. The van der Waals surface area contributed by atoms with Crippen LogP contribution in [0.4, 0.5) is 0 Å². The lowest BCUT2D eigenvalue weighted by Gasteiger charge is -2.10. The van der Waals surface area contributed by atoms with Crippen LogP contribution in [0.2, 0.25) is 0 Å². The van der Waals surface area contributed by atoms with Gasteiger partial charge in [-0.1, -0.05) is 5.16 Å². The van der Waals surface area contributed by atoms with Gasteiger partial charge in [-0.2, -0.15) is 0 Å². The minimum absolute atomic E-state index is 0.573. The standard InChI is InChI=1S/C13H18N2O3/c14-6-1-3-11(15-16)10-4-5-12-13(9-10)18-8-2-7-17-12/h4-5,9,16H,1-3,6-8,14H2/b15-11-. The number of nitrogens with zero attached hydrogens (tertiary/aromatic N) is 1. The molecule has 0 unspecified atom stereocenters. The maximum Gasteiger partial charge on any atom is 0.161 e. The van der Waals surface area contributed by atoms with Crippen LogP contribution >= 0.6 is 0 Å². The third-order valence-electron chi connectivity index (χ3n) is 2.82. The maximum absolute atomic E-state index is 9.04. The van der Waals surface area contributed by atoms with E-state index >= 15 is 0 Å². The van der Waals surface area contributed by atoms with E-state index in [0.29, 0.717) is 37.6 Å². The fourth-order valence-electron chi connectivity index (χ4n) is 1.86. The third-order valence-corrected chi connectivity index (χ3v) is 2.82. The highest BCUT2D eigenvalue weighted by Gasteiger charge is 2.13. The largest absolute Gasteiger partial charge is 0.490 e. The number of benzene rings is 1. The van der Waals surface area contributed by atoms with Crippen molar-refractivity contribution in [1.29, 1.82) is 0 Å². The summed E-state index contributed by atoms with van der Waals surface area (Å²) in [7, 11) is 0. The Bertz CT molecular complexity index is 432. The van der Waals surface area contributed by atoms with Crippen molar-refractivity contribution in [3.8, 4) is 11.5 Å². The molecule has 0 bridgehead atoms. The number of rotatable bonds is 4. The van der Waals surface area contributed by atoms with Crippen molar-refractivity contribution in [3.63, 3.8) is 0 Å². The van der Waals surface area contributed by atoms with Gasteiger partial charge in [-0.25, -0.2) is 0 Å². The second kappa shape index (κ2) is 6.26. The van der Waals surface area contributed by atoms with E-state index in [1.807, 2.05) is 18.2 Å². The molecule has 0 radical (unpaired) electrons. The number of nitrogens with two attached hydrogens (primary N) is 1. The first-order chi connectivity index (χ1) is 8.85. The van der Waals surface area contributed by atoms with E-state index in [-0.39, 0.29) is 0 Å². The molecule has 98 valence electrons. The monoisotopic (exact) mass is 250 g/mol. The number of ether oxygens (including phenoxy) is 2. The van der Waals surface area contributed by atoms with E-state index in [1.54, 1.807) is 0 Å². The Labute approximate surface area is 106 Å². The van der Waals surface area contributed by atoms with Crippen LogP contribution in [0.1, 0.15) is 24.8 Å². The predicted octanol–water partition coefficient (Wildman–Crippen LogP) is 1.77. The number of oxime groups is 1. The second-order valence-electron chi connectivity index (χ2n) is 4.15. The van der Waals surface area contributed by atoms with Crippen molar-refractivity contribution < 1.29 is 14.7 Å². The van der Waals surface area contributed by atoms with E-state index in [2.05, 4.69) is 5.16 Å². The molecule has 0 spiro atoms. The zero-order valence-corrected chi connectivity index (χ0v) is 10.3. The van der Waals surface area contributed by atoms with Crippen molar-refractivity contribution in [1.82, 2.24) is 0 Å². The molecule has 1 aliphatic rings. The highest BCUT2D eigenvalue weighted by Crippen LogP contribution is 2.30. The van der Waals surface area contributed by atoms with Gasteiger partial charge in [0.1, 0.15) is 0 Å². The van der Waals surface area contributed by atoms with Crippen molar-refractivity contribution in [3.05, 3.63) is 23.8 Å². The zero-order valence-electron chi connectivity index (χ0n) is 10.3. The van der Waals surface area contributed by atoms with Crippen LogP contribution in [0.3, 0.4) is 0 Å². The Morgan fingerprint density at radius 1 is 1.28 bits per heavy atom. The van der Waals surface area contributed by atoms with Crippen molar-refractivity contribution in [2.24, 2.45) is 10.9 Å². The molecule has 2 rings (SSSR count). The van der Waals surface area contributed by atoms with Crippen LogP contribution in [0.15, 0.2) is 23.4 Å². The summed E-state index contributed by atoms with van der Waals surface area (Å²) in [6.45, 7) is 1.88. The van der Waals surface area contributed by atoms with Gasteiger partial charge in [-0.3, -0.25) is 0 Å². The van der Waals surface area contributed by atoms with Crippen LogP contribution in [-0.2, 0) is 0 Å². The summed E-state index contributed by atoms with van der Waals surface area (Å²) in [5.74, 6) is 1.45. The molecule has 5 heteroatoms. The van der Waals surface area contributed by atoms with Gasteiger partial charge in [-0.15, -0.1) is 0 Å². The first-order valence-electron chi connectivity index (χ1n) is 6.16. The molecular weight excluding hydrogens is 232 g/mol. The van der Waals surface area contributed by atoms with E-state index in [9.17, 15) is 0 Å². The summed E-state index contributed by atoms with van der Waals surface area (Å²) in [6.07, 6.45) is 2.30. The average Bonchev–Trinajstić information content (AvgIpc) is 2.64. The van der Waals surface area contributed by atoms with Crippen molar-refractivity contribution in [2.45, 2.75) is 19.3 Å². The summed E-state index contributed by atoms with van der Waals surface area (Å²) in [5.41, 5.74) is 6.92. The highest BCUT2D eigenvalue weighted by atomic mass is 16.5. The summed E-state index contributed by atoms with van der Waals surface area (Å²) >= 11 is 0. The topological polar surface area (TPSA) is 77.1 Å². The van der Waals surface area contributed by atoms with Crippen LogP contribution < -0.4 is 15.2 Å². The normalized spacial score (nSPS) is 15.3. The lowest BCUT2D eigenvalue weighted by molar-refractivity contribution is 0.297. The first-order valence-corrected chi connectivity index (χ1v) is 6.16. The fourth-order valence-corrected chi connectivity index (χ4v) is 1.86. The van der Waals surface area contributed by atoms with E-state index < -0.39 is 0 Å². The molecule has 1 aliphatic heterocycles. The van der Waals surface area contributed by atoms with E-state index in [0.717, 1.165) is 24.2 Å². The number of hydrogen-bond acceptors (Lipinski definition) is 5. The SMILES string of the molecule is NCCC/C(=N/O)c1ccc2c(c1)OCCCO2. The average molecular weight is 250 g/mol. The summed E-state index contributed by atoms with van der Waals surface area (Å²) in [6, 6.07) is 5.58. The van der Waals surface area contributed by atoms with E-state index in [4.69, 9.17) is 20.4 Å². The Kier molecular flexibility index (Phi) is 4.41. The van der Waals surface area contributed by atoms with Gasteiger partial charge in [0.05, 0.1) is 18.9 Å². The summed E-state index contributed by atoms with van der Waals surface area (Å²) in [5, 5.41) is 12.4. The lowest BCUT2D eigenvalue weighted by atomic mass is 10.1. The maximum atomic E-state index is 9.04. The molecule has 1 heterocycles. The first kappa shape index (κ1) is 12.7. The quantitative estimate of drug-likeness (QED) is 0.485. The molecule has 18 heavy (non-hydrogen) atoms. The molecule has 1 aromatic rings. The second-order valence-corrected chi connectivity index (χ2v) is 4.15. The molecule has 5 nitrogen and oxygen atoms in total.